The van der Waals surface area contributed by atoms with Gasteiger partial charge in [0.05, 0.1) is 29.5 Å². The fourth-order valence-electron chi connectivity index (χ4n) is 4.89. The van der Waals surface area contributed by atoms with Crippen LogP contribution in [-0.4, -0.2) is 43.2 Å². The minimum atomic E-state index is -4.58. The van der Waals surface area contributed by atoms with E-state index in [9.17, 15) is 31.5 Å². The summed E-state index contributed by atoms with van der Waals surface area (Å²) in [6, 6.07) is 10.8. The standard InChI is InChI=1S/C25H26F3NO5S/c1-24(15-25(26,27)28,20-12-18(35(2,32)33)11-16-8-10-34-23(16)20)13-17(30)14-29-9-7-22(31)19-5-3-4-6-21(19)29/h3-7,9,11-12,17,30H,8,10,13-15H2,1-2H3. The first-order chi connectivity index (χ1) is 16.3. The highest BCUT2D eigenvalue weighted by molar-refractivity contribution is 7.90. The van der Waals surface area contributed by atoms with Crippen LogP contribution in [-0.2, 0) is 28.2 Å². The van der Waals surface area contributed by atoms with E-state index in [1.807, 2.05) is 0 Å². The Labute approximate surface area is 200 Å². The first-order valence-electron chi connectivity index (χ1n) is 11.1. The van der Waals surface area contributed by atoms with Gasteiger partial charge in [-0.3, -0.25) is 4.79 Å². The molecule has 0 saturated heterocycles. The number of benzene rings is 2. The first-order valence-corrected chi connectivity index (χ1v) is 13.0. The topological polar surface area (TPSA) is 85.6 Å². The fraction of sp³-hybridized carbons (Fsp3) is 0.400. The van der Waals surface area contributed by atoms with Gasteiger partial charge >= 0.3 is 6.18 Å². The number of alkyl halides is 3. The molecular weight excluding hydrogens is 483 g/mol. The second-order valence-corrected chi connectivity index (χ2v) is 11.4. The van der Waals surface area contributed by atoms with E-state index >= 15 is 0 Å². The van der Waals surface area contributed by atoms with Gasteiger partial charge in [0.2, 0.25) is 0 Å². The second-order valence-electron chi connectivity index (χ2n) is 9.39. The average molecular weight is 510 g/mol. The molecule has 0 amide bonds. The molecule has 0 saturated carbocycles. The van der Waals surface area contributed by atoms with Gasteiger partial charge in [0.15, 0.2) is 15.3 Å². The van der Waals surface area contributed by atoms with Crippen molar-refractivity contribution < 1.29 is 31.4 Å². The molecule has 2 aromatic carbocycles. The lowest BCUT2D eigenvalue weighted by Gasteiger charge is -2.35. The Bertz CT molecular complexity index is 1430. The Morgan fingerprint density at radius 2 is 1.89 bits per heavy atom. The number of fused-ring (bicyclic) bond motifs is 2. The van der Waals surface area contributed by atoms with Crippen molar-refractivity contribution in [2.45, 2.75) is 55.3 Å². The molecule has 2 unspecified atom stereocenters. The molecule has 35 heavy (non-hydrogen) atoms. The number of nitrogens with zero attached hydrogens (tertiary/aromatic N) is 1. The van der Waals surface area contributed by atoms with E-state index in [1.165, 1.54) is 31.3 Å². The number of hydrogen-bond donors (Lipinski definition) is 1. The van der Waals surface area contributed by atoms with Crippen molar-refractivity contribution in [1.29, 1.82) is 0 Å². The maximum Gasteiger partial charge on any atom is 0.389 e. The lowest BCUT2D eigenvalue weighted by Crippen LogP contribution is -2.35. The van der Waals surface area contributed by atoms with Gasteiger partial charge in [0.25, 0.3) is 0 Å². The SMILES string of the molecule is CC(CC(O)Cn1ccc(=O)c2ccccc21)(CC(F)(F)F)c1cc(S(C)(=O)=O)cc2c1OCC2. The molecule has 1 aliphatic rings. The molecule has 0 fully saturated rings. The smallest absolute Gasteiger partial charge is 0.389 e. The summed E-state index contributed by atoms with van der Waals surface area (Å²) in [4.78, 5) is 12.1. The largest absolute Gasteiger partial charge is 0.493 e. The molecule has 1 N–H and O–H groups in total. The molecule has 6 nitrogen and oxygen atoms in total. The molecule has 0 radical (unpaired) electrons. The normalized spacial score (nSPS) is 16.5. The van der Waals surface area contributed by atoms with Crippen LogP contribution in [0.25, 0.3) is 10.9 Å². The predicted octanol–water partition coefficient (Wildman–Crippen LogP) is 4.00. The van der Waals surface area contributed by atoms with Crippen molar-refractivity contribution in [3.63, 3.8) is 0 Å². The van der Waals surface area contributed by atoms with Gasteiger partial charge in [-0.05, 0) is 36.2 Å². The highest BCUT2D eigenvalue weighted by Gasteiger charge is 2.44. The number of sulfone groups is 1. The van der Waals surface area contributed by atoms with Crippen molar-refractivity contribution in [3.05, 3.63) is 70.0 Å². The van der Waals surface area contributed by atoms with Crippen LogP contribution in [0.2, 0.25) is 0 Å². The molecule has 188 valence electrons. The first kappa shape index (κ1) is 25.2. The third-order valence-electron chi connectivity index (χ3n) is 6.40. The van der Waals surface area contributed by atoms with Gasteiger partial charge in [-0.25, -0.2) is 8.42 Å². The molecule has 0 bridgehead atoms. The van der Waals surface area contributed by atoms with E-state index in [0.29, 0.717) is 22.9 Å². The van der Waals surface area contributed by atoms with Crippen molar-refractivity contribution in [2.75, 3.05) is 12.9 Å². The second kappa shape index (κ2) is 8.98. The van der Waals surface area contributed by atoms with Crippen LogP contribution in [0.4, 0.5) is 13.2 Å². The van der Waals surface area contributed by atoms with Crippen LogP contribution in [0.3, 0.4) is 0 Å². The molecular formula is C25H26F3NO5S. The zero-order valence-electron chi connectivity index (χ0n) is 19.3. The summed E-state index contributed by atoms with van der Waals surface area (Å²) in [7, 11) is -3.69. The molecule has 4 rings (SSSR count). The monoisotopic (exact) mass is 509 g/mol. The molecule has 10 heteroatoms. The van der Waals surface area contributed by atoms with Crippen LogP contribution >= 0.6 is 0 Å². The Kier molecular flexibility index (Phi) is 6.48. The number of aromatic nitrogens is 1. The minimum absolute atomic E-state index is 0.0525. The number of para-hydroxylation sites is 1. The van der Waals surface area contributed by atoms with Crippen molar-refractivity contribution in [1.82, 2.24) is 4.57 Å². The Morgan fingerprint density at radius 3 is 2.57 bits per heavy atom. The van der Waals surface area contributed by atoms with E-state index < -0.39 is 34.0 Å². The molecule has 1 aromatic heterocycles. The number of hydrogen-bond acceptors (Lipinski definition) is 5. The van der Waals surface area contributed by atoms with Crippen LogP contribution < -0.4 is 10.2 Å². The Balaban J connectivity index is 1.76. The zero-order valence-corrected chi connectivity index (χ0v) is 20.1. The van der Waals surface area contributed by atoms with Gasteiger partial charge in [0, 0.05) is 47.8 Å². The highest BCUT2D eigenvalue weighted by atomic mass is 32.2. The Hall–Kier alpha value is -2.85. The zero-order chi connectivity index (χ0) is 25.6. The maximum atomic E-state index is 13.8. The lowest BCUT2D eigenvalue weighted by atomic mass is 9.74. The number of ether oxygens (including phenoxy) is 1. The summed E-state index contributed by atoms with van der Waals surface area (Å²) >= 11 is 0. The Morgan fingerprint density at radius 1 is 1.17 bits per heavy atom. The van der Waals surface area contributed by atoms with Crippen LogP contribution in [0, 0.1) is 0 Å². The number of aliphatic hydroxyl groups is 1. The molecule has 3 aromatic rings. The fourth-order valence-corrected chi connectivity index (χ4v) is 5.58. The average Bonchev–Trinajstić information content (AvgIpc) is 3.22. The molecule has 2 atom stereocenters. The van der Waals surface area contributed by atoms with E-state index in [2.05, 4.69) is 0 Å². The minimum Gasteiger partial charge on any atom is -0.493 e. The van der Waals surface area contributed by atoms with Crippen LogP contribution in [0.15, 0.2) is 58.4 Å². The third-order valence-corrected chi connectivity index (χ3v) is 7.50. The summed E-state index contributed by atoms with van der Waals surface area (Å²) in [5.41, 5.74) is -0.647. The molecule has 1 aliphatic heterocycles. The molecule has 0 spiro atoms. The van der Waals surface area contributed by atoms with Crippen molar-refractivity contribution in [2.24, 2.45) is 0 Å². The summed E-state index contributed by atoms with van der Waals surface area (Å²) in [6.45, 7) is 1.56. The van der Waals surface area contributed by atoms with Crippen molar-refractivity contribution in [3.8, 4) is 5.75 Å². The maximum absolute atomic E-state index is 13.8. The number of halogens is 3. The van der Waals surface area contributed by atoms with E-state index in [1.54, 1.807) is 28.8 Å². The van der Waals surface area contributed by atoms with Crippen LogP contribution in [0.5, 0.6) is 5.75 Å². The predicted molar refractivity (Wildman–Crippen MR) is 126 cm³/mol. The third kappa shape index (κ3) is 5.38. The van der Waals surface area contributed by atoms with E-state index in [-0.39, 0.29) is 41.2 Å². The van der Waals surface area contributed by atoms with Gasteiger partial charge in [-0.2, -0.15) is 13.2 Å². The quantitative estimate of drug-likeness (QED) is 0.521. The summed E-state index contributed by atoms with van der Waals surface area (Å²) in [6.07, 6.45) is -4.50. The molecule has 0 aliphatic carbocycles. The number of aliphatic hydroxyl groups excluding tert-OH is 1. The lowest BCUT2D eigenvalue weighted by molar-refractivity contribution is -0.149. The van der Waals surface area contributed by atoms with Gasteiger partial charge < -0.3 is 14.4 Å². The summed E-state index contributed by atoms with van der Waals surface area (Å²) in [5.74, 6) is 0.255. The summed E-state index contributed by atoms with van der Waals surface area (Å²) < 4.78 is 73.1. The van der Waals surface area contributed by atoms with Gasteiger partial charge in [-0.15, -0.1) is 0 Å². The highest BCUT2D eigenvalue weighted by Crippen LogP contribution is 2.47. The molecule has 2 heterocycles. The number of pyridine rings is 1. The van der Waals surface area contributed by atoms with Gasteiger partial charge in [0.1, 0.15) is 5.75 Å². The van der Waals surface area contributed by atoms with E-state index in [0.717, 1.165) is 6.26 Å². The van der Waals surface area contributed by atoms with Crippen LogP contribution in [0.1, 0.15) is 30.9 Å². The van der Waals surface area contributed by atoms with Crippen molar-refractivity contribution >= 4 is 20.7 Å². The summed E-state index contributed by atoms with van der Waals surface area (Å²) in [5, 5.41) is 11.4. The van der Waals surface area contributed by atoms with Gasteiger partial charge in [-0.1, -0.05) is 19.1 Å². The van der Waals surface area contributed by atoms with E-state index in [4.69, 9.17) is 4.74 Å². The number of rotatable bonds is 7.